The van der Waals surface area contributed by atoms with Crippen molar-refractivity contribution in [2.45, 2.75) is 84.0 Å². The Morgan fingerprint density at radius 1 is 0.846 bits per heavy atom. The van der Waals surface area contributed by atoms with E-state index in [1.165, 1.54) is 76.3 Å². The number of ether oxygens (including phenoxy) is 1. The van der Waals surface area contributed by atoms with Gasteiger partial charge in [0.15, 0.2) is 0 Å². The standard InChI is InChI=1S/C23H36O3/c1-2-3-4-5-6-7-8-9-10-11-12-13-14-15-20-26-23(25)21-16-18-22(24)19-17-21/h6-7,16-19,24H,2-5,8-15,20H2,1H3/b7-6+. The number of unbranched alkanes of at least 4 members (excludes halogenated alkanes) is 10. The van der Waals surface area contributed by atoms with Crippen LogP contribution in [0.25, 0.3) is 0 Å². The van der Waals surface area contributed by atoms with Gasteiger partial charge in [-0.25, -0.2) is 4.79 Å². The van der Waals surface area contributed by atoms with Gasteiger partial charge in [0.1, 0.15) is 5.75 Å². The molecule has 0 atom stereocenters. The fraction of sp³-hybridized carbons (Fsp3) is 0.609. The number of allylic oxidation sites excluding steroid dienone is 2. The normalized spacial score (nSPS) is 11.1. The van der Waals surface area contributed by atoms with Crippen LogP contribution in [0.15, 0.2) is 36.4 Å². The van der Waals surface area contributed by atoms with Gasteiger partial charge in [0, 0.05) is 0 Å². The zero-order chi connectivity index (χ0) is 18.9. The summed E-state index contributed by atoms with van der Waals surface area (Å²) in [5.74, 6) is -0.155. The van der Waals surface area contributed by atoms with Crippen molar-refractivity contribution in [3.63, 3.8) is 0 Å². The number of hydrogen-bond acceptors (Lipinski definition) is 3. The van der Waals surface area contributed by atoms with Gasteiger partial charge in [0.2, 0.25) is 0 Å². The number of benzene rings is 1. The molecule has 0 bridgehead atoms. The third-order valence-electron chi connectivity index (χ3n) is 4.49. The van der Waals surface area contributed by atoms with Crippen molar-refractivity contribution >= 4 is 5.97 Å². The Morgan fingerprint density at radius 3 is 2.00 bits per heavy atom. The number of aromatic hydroxyl groups is 1. The summed E-state index contributed by atoms with van der Waals surface area (Å²) in [4.78, 5) is 11.8. The van der Waals surface area contributed by atoms with Crippen molar-refractivity contribution in [3.8, 4) is 5.75 Å². The number of rotatable bonds is 15. The van der Waals surface area contributed by atoms with E-state index in [1.807, 2.05) is 0 Å². The molecule has 3 nitrogen and oxygen atoms in total. The molecule has 0 fully saturated rings. The van der Waals surface area contributed by atoms with Gasteiger partial charge in [0.25, 0.3) is 0 Å². The van der Waals surface area contributed by atoms with Crippen LogP contribution in [0.1, 0.15) is 94.3 Å². The first-order valence-corrected chi connectivity index (χ1v) is 10.3. The summed E-state index contributed by atoms with van der Waals surface area (Å²) in [6.45, 7) is 2.72. The van der Waals surface area contributed by atoms with Crippen LogP contribution >= 0.6 is 0 Å². The highest BCUT2D eigenvalue weighted by Crippen LogP contribution is 2.12. The van der Waals surface area contributed by atoms with Crippen molar-refractivity contribution in [2.24, 2.45) is 0 Å². The molecule has 0 aliphatic heterocycles. The zero-order valence-corrected chi connectivity index (χ0v) is 16.4. The van der Waals surface area contributed by atoms with E-state index in [4.69, 9.17) is 4.74 Å². The van der Waals surface area contributed by atoms with Gasteiger partial charge in [-0.05, 0) is 56.4 Å². The molecule has 0 saturated heterocycles. The molecular weight excluding hydrogens is 324 g/mol. The lowest BCUT2D eigenvalue weighted by Gasteiger charge is -2.05. The van der Waals surface area contributed by atoms with Gasteiger partial charge >= 0.3 is 5.97 Å². The van der Waals surface area contributed by atoms with Crippen LogP contribution in [0, 0.1) is 0 Å². The van der Waals surface area contributed by atoms with E-state index in [0.29, 0.717) is 12.2 Å². The zero-order valence-electron chi connectivity index (χ0n) is 16.4. The molecule has 0 heterocycles. The number of esters is 1. The Balaban J connectivity index is 1.86. The second-order valence-corrected chi connectivity index (χ2v) is 6.91. The minimum atomic E-state index is -0.312. The fourth-order valence-corrected chi connectivity index (χ4v) is 2.84. The van der Waals surface area contributed by atoms with Crippen LogP contribution in [0.4, 0.5) is 0 Å². The van der Waals surface area contributed by atoms with Gasteiger partial charge in [-0.2, -0.15) is 0 Å². The number of carbonyl (C=O) groups is 1. The molecule has 0 aromatic heterocycles. The fourth-order valence-electron chi connectivity index (χ4n) is 2.84. The first-order valence-electron chi connectivity index (χ1n) is 10.3. The van der Waals surface area contributed by atoms with E-state index < -0.39 is 0 Å². The van der Waals surface area contributed by atoms with Crippen LogP contribution in [-0.2, 0) is 4.74 Å². The maximum absolute atomic E-state index is 11.8. The SMILES string of the molecule is CCCCC/C=C/CCCCCCCCCOC(=O)c1ccc(O)cc1. The van der Waals surface area contributed by atoms with Crippen LogP contribution in [0.2, 0.25) is 0 Å². The molecule has 3 heteroatoms. The molecule has 1 aromatic rings. The minimum absolute atomic E-state index is 0.157. The van der Waals surface area contributed by atoms with Crippen molar-refractivity contribution in [1.82, 2.24) is 0 Å². The quantitative estimate of drug-likeness (QED) is 0.212. The van der Waals surface area contributed by atoms with Crippen molar-refractivity contribution < 1.29 is 14.6 Å². The number of phenols is 1. The summed E-state index contributed by atoms with van der Waals surface area (Å²) < 4.78 is 5.25. The molecule has 0 saturated carbocycles. The highest BCUT2D eigenvalue weighted by molar-refractivity contribution is 5.89. The second-order valence-electron chi connectivity index (χ2n) is 6.91. The van der Waals surface area contributed by atoms with E-state index in [-0.39, 0.29) is 11.7 Å². The molecule has 0 radical (unpaired) electrons. The summed E-state index contributed by atoms with van der Waals surface area (Å²) in [5.41, 5.74) is 0.488. The van der Waals surface area contributed by atoms with Crippen molar-refractivity contribution in [1.29, 1.82) is 0 Å². The topological polar surface area (TPSA) is 46.5 Å². The summed E-state index contributed by atoms with van der Waals surface area (Å²) in [7, 11) is 0. The molecule has 0 aliphatic carbocycles. The van der Waals surface area contributed by atoms with Crippen LogP contribution in [0.5, 0.6) is 5.75 Å². The van der Waals surface area contributed by atoms with E-state index in [0.717, 1.165) is 12.8 Å². The van der Waals surface area contributed by atoms with Gasteiger partial charge < -0.3 is 9.84 Å². The summed E-state index contributed by atoms with van der Waals surface area (Å²) in [5, 5.41) is 9.20. The Bertz CT molecular complexity index is 491. The Hall–Kier alpha value is -1.77. The lowest BCUT2D eigenvalue weighted by molar-refractivity contribution is 0.0497. The molecule has 0 unspecified atom stereocenters. The molecule has 1 aromatic carbocycles. The minimum Gasteiger partial charge on any atom is -0.508 e. The average Bonchev–Trinajstić information content (AvgIpc) is 2.65. The highest BCUT2D eigenvalue weighted by atomic mass is 16.5. The van der Waals surface area contributed by atoms with Crippen LogP contribution in [0.3, 0.4) is 0 Å². The molecule has 1 rings (SSSR count). The third kappa shape index (κ3) is 11.7. The maximum Gasteiger partial charge on any atom is 0.338 e. The lowest BCUT2D eigenvalue weighted by atomic mass is 10.1. The van der Waals surface area contributed by atoms with Crippen LogP contribution < -0.4 is 0 Å². The smallest absolute Gasteiger partial charge is 0.338 e. The molecular formula is C23H36O3. The first-order chi connectivity index (χ1) is 12.7. The number of carbonyl (C=O) groups excluding carboxylic acids is 1. The highest BCUT2D eigenvalue weighted by Gasteiger charge is 2.06. The van der Waals surface area contributed by atoms with Crippen LogP contribution in [-0.4, -0.2) is 17.7 Å². The third-order valence-corrected chi connectivity index (χ3v) is 4.49. The Morgan fingerprint density at radius 2 is 1.38 bits per heavy atom. The summed E-state index contributed by atoms with van der Waals surface area (Å²) in [6, 6.07) is 6.16. The van der Waals surface area contributed by atoms with Gasteiger partial charge in [0.05, 0.1) is 12.2 Å². The van der Waals surface area contributed by atoms with Crippen molar-refractivity contribution in [2.75, 3.05) is 6.61 Å². The molecule has 26 heavy (non-hydrogen) atoms. The molecule has 1 N–H and O–H groups in total. The average molecular weight is 361 g/mol. The summed E-state index contributed by atoms with van der Waals surface area (Å²) in [6.07, 6.45) is 19.6. The molecule has 146 valence electrons. The number of phenolic OH excluding ortho intramolecular Hbond substituents is 1. The Labute approximate surface area is 159 Å². The predicted molar refractivity (Wildman–Crippen MR) is 109 cm³/mol. The molecule has 0 amide bonds. The van der Waals surface area contributed by atoms with Crippen molar-refractivity contribution in [3.05, 3.63) is 42.0 Å². The number of hydrogen-bond donors (Lipinski definition) is 1. The molecule has 0 aliphatic rings. The second kappa shape index (κ2) is 15.5. The van der Waals surface area contributed by atoms with Gasteiger partial charge in [-0.3, -0.25) is 0 Å². The lowest BCUT2D eigenvalue weighted by Crippen LogP contribution is -2.06. The predicted octanol–water partition coefficient (Wildman–Crippen LogP) is 6.81. The van der Waals surface area contributed by atoms with E-state index in [9.17, 15) is 9.90 Å². The van der Waals surface area contributed by atoms with E-state index >= 15 is 0 Å². The van der Waals surface area contributed by atoms with Gasteiger partial charge in [-0.1, -0.05) is 64.0 Å². The molecule has 0 spiro atoms. The van der Waals surface area contributed by atoms with E-state index in [1.54, 1.807) is 12.1 Å². The Kier molecular flexibility index (Phi) is 13.3. The first kappa shape index (κ1) is 22.3. The monoisotopic (exact) mass is 360 g/mol. The van der Waals surface area contributed by atoms with Gasteiger partial charge in [-0.15, -0.1) is 0 Å². The largest absolute Gasteiger partial charge is 0.508 e. The maximum atomic E-state index is 11.8. The summed E-state index contributed by atoms with van der Waals surface area (Å²) >= 11 is 0. The van der Waals surface area contributed by atoms with E-state index in [2.05, 4.69) is 19.1 Å².